The van der Waals surface area contributed by atoms with Crippen LogP contribution in [-0.4, -0.2) is 30.9 Å². The van der Waals surface area contributed by atoms with Gasteiger partial charge in [-0.2, -0.15) is 10.2 Å². The minimum Gasteiger partial charge on any atom is -0.324 e. The van der Waals surface area contributed by atoms with Gasteiger partial charge in [-0.15, -0.1) is 0 Å². The maximum Gasteiger partial charge on any atom is 0.278 e. The molecule has 0 spiro atoms. The Balaban J connectivity index is 1.59. The molecule has 1 aliphatic rings. The van der Waals surface area contributed by atoms with Gasteiger partial charge in [-0.05, 0) is 56.2 Å². The molecule has 5 rings (SSSR count). The van der Waals surface area contributed by atoms with Crippen molar-refractivity contribution >= 4 is 22.7 Å². The molecular weight excluding hydrogens is 452 g/mol. The van der Waals surface area contributed by atoms with E-state index in [-0.39, 0.29) is 11.0 Å². The molecule has 0 bridgehead atoms. The number of hydrogen-bond donors (Lipinski definition) is 2. The Labute approximate surface area is 209 Å². The van der Waals surface area contributed by atoms with Crippen LogP contribution in [-0.2, 0) is 23.9 Å². The molecule has 0 aliphatic carbocycles. The number of nitriles is 1. The molecule has 9 nitrogen and oxygen atoms in total. The lowest BCUT2D eigenvalue weighted by Crippen LogP contribution is -2.38. The van der Waals surface area contributed by atoms with Crippen molar-refractivity contribution in [2.75, 3.05) is 11.9 Å². The zero-order valence-corrected chi connectivity index (χ0v) is 21.3. The number of hydrogen-bond acceptors (Lipinski definition) is 7. The van der Waals surface area contributed by atoms with Gasteiger partial charge in [0.05, 0.1) is 22.9 Å². The van der Waals surface area contributed by atoms with E-state index in [2.05, 4.69) is 52.7 Å². The topological polar surface area (TPSA) is 113 Å². The Kier molecular flexibility index (Phi) is 5.64. The van der Waals surface area contributed by atoms with Gasteiger partial charge in [-0.1, -0.05) is 19.9 Å². The maximum absolute atomic E-state index is 13.1. The second kappa shape index (κ2) is 8.57. The van der Waals surface area contributed by atoms with Crippen LogP contribution in [0, 0.1) is 11.3 Å². The summed E-state index contributed by atoms with van der Waals surface area (Å²) >= 11 is 0. The molecule has 0 radical (unpaired) electrons. The second-order valence-corrected chi connectivity index (χ2v) is 10.4. The Morgan fingerprint density at radius 1 is 1.22 bits per heavy atom. The van der Waals surface area contributed by atoms with Gasteiger partial charge < -0.3 is 10.6 Å². The molecule has 0 unspecified atom stereocenters. The van der Waals surface area contributed by atoms with E-state index in [1.165, 1.54) is 11.1 Å². The lowest BCUT2D eigenvalue weighted by Gasteiger charge is -2.33. The van der Waals surface area contributed by atoms with Gasteiger partial charge in [0.1, 0.15) is 5.39 Å². The number of rotatable bonds is 5. The summed E-state index contributed by atoms with van der Waals surface area (Å²) in [5.41, 5.74) is 4.44. The molecule has 0 saturated carbocycles. The summed E-state index contributed by atoms with van der Waals surface area (Å²) in [7, 11) is 0. The molecule has 0 fully saturated rings. The number of nitrogens with zero attached hydrogens (tertiary/aromatic N) is 6. The third-order valence-electron chi connectivity index (χ3n) is 6.86. The van der Waals surface area contributed by atoms with E-state index in [0.717, 1.165) is 18.8 Å². The van der Waals surface area contributed by atoms with E-state index < -0.39 is 5.41 Å². The zero-order chi connectivity index (χ0) is 25.7. The number of pyridine rings is 1. The van der Waals surface area contributed by atoms with Crippen molar-refractivity contribution in [1.82, 2.24) is 29.6 Å². The summed E-state index contributed by atoms with van der Waals surface area (Å²) in [5, 5.41) is 16.8. The molecule has 184 valence electrons. The molecule has 0 atom stereocenters. The molecule has 1 aliphatic heterocycles. The predicted molar refractivity (Wildman–Crippen MR) is 140 cm³/mol. The number of nitrogens with one attached hydrogen (secondary N) is 2. The Morgan fingerprint density at radius 3 is 2.78 bits per heavy atom. The van der Waals surface area contributed by atoms with Crippen molar-refractivity contribution in [3.05, 3.63) is 69.9 Å². The van der Waals surface area contributed by atoms with Crippen molar-refractivity contribution in [2.24, 2.45) is 0 Å². The van der Waals surface area contributed by atoms with E-state index in [1.807, 2.05) is 39.0 Å². The second-order valence-electron chi connectivity index (χ2n) is 10.4. The van der Waals surface area contributed by atoms with Crippen LogP contribution < -0.4 is 16.2 Å². The minimum atomic E-state index is -0.770. The van der Waals surface area contributed by atoms with Crippen LogP contribution in [0.25, 0.3) is 16.7 Å². The minimum absolute atomic E-state index is 0.0736. The van der Waals surface area contributed by atoms with E-state index >= 15 is 0 Å². The highest BCUT2D eigenvalue weighted by molar-refractivity contribution is 5.77. The third kappa shape index (κ3) is 3.93. The van der Waals surface area contributed by atoms with Crippen LogP contribution in [0.5, 0.6) is 0 Å². The fourth-order valence-corrected chi connectivity index (χ4v) is 4.80. The SMILES string of the molecule is CCn1c(=O)c2cnc(Nc3ccc4c(c3)CNCC4(C)C)nc2n1-c1ccnc(C(C)(C)C#N)c1. The third-order valence-corrected chi connectivity index (χ3v) is 6.86. The first-order chi connectivity index (χ1) is 17.1. The average molecular weight is 483 g/mol. The quantitative estimate of drug-likeness (QED) is 0.443. The molecule has 1 aromatic carbocycles. The van der Waals surface area contributed by atoms with Crippen LogP contribution in [0.3, 0.4) is 0 Å². The molecule has 36 heavy (non-hydrogen) atoms. The molecule has 9 heteroatoms. The normalized spacial score (nSPS) is 14.9. The van der Waals surface area contributed by atoms with Crippen molar-refractivity contribution in [3.8, 4) is 11.8 Å². The first kappa shape index (κ1) is 23.7. The summed E-state index contributed by atoms with van der Waals surface area (Å²) in [5.74, 6) is 0.402. The van der Waals surface area contributed by atoms with Crippen LogP contribution in [0.15, 0.2) is 47.5 Å². The highest BCUT2D eigenvalue weighted by Gasteiger charge is 2.27. The van der Waals surface area contributed by atoms with Crippen LogP contribution in [0.1, 0.15) is 51.4 Å². The lowest BCUT2D eigenvalue weighted by atomic mass is 9.79. The first-order valence-corrected chi connectivity index (χ1v) is 12.1. The van der Waals surface area contributed by atoms with Crippen molar-refractivity contribution in [1.29, 1.82) is 5.26 Å². The molecule has 4 heterocycles. The van der Waals surface area contributed by atoms with Crippen molar-refractivity contribution < 1.29 is 0 Å². The summed E-state index contributed by atoms with van der Waals surface area (Å²) in [6.45, 7) is 12.2. The van der Waals surface area contributed by atoms with E-state index in [1.54, 1.807) is 21.8 Å². The Morgan fingerprint density at radius 2 is 2.03 bits per heavy atom. The number of fused-ring (bicyclic) bond motifs is 2. The van der Waals surface area contributed by atoms with E-state index in [9.17, 15) is 10.1 Å². The van der Waals surface area contributed by atoms with E-state index in [0.29, 0.717) is 34.9 Å². The predicted octanol–water partition coefficient (Wildman–Crippen LogP) is 3.92. The van der Waals surface area contributed by atoms with Gasteiger partial charge in [-0.3, -0.25) is 9.78 Å². The van der Waals surface area contributed by atoms with Crippen molar-refractivity contribution in [3.63, 3.8) is 0 Å². The largest absolute Gasteiger partial charge is 0.324 e. The number of anilines is 2. The summed E-state index contributed by atoms with van der Waals surface area (Å²) in [6.07, 6.45) is 3.23. The standard InChI is InChI=1S/C27H30N8O/c1-6-34-24(36)20-14-31-25(32-18-7-8-21-17(11-18)13-29-16-27(21,4)5)33-23(20)35(34)19-9-10-30-22(12-19)26(2,3)15-28/h7-12,14,29H,6,13,16H2,1-5H3,(H,31,32,33). The molecule has 3 aromatic heterocycles. The van der Waals surface area contributed by atoms with Crippen LogP contribution in [0.4, 0.5) is 11.6 Å². The monoisotopic (exact) mass is 482 g/mol. The Hall–Kier alpha value is -4.03. The van der Waals surface area contributed by atoms with Crippen LogP contribution in [0.2, 0.25) is 0 Å². The Bertz CT molecular complexity index is 1570. The highest BCUT2D eigenvalue weighted by Crippen LogP contribution is 2.32. The van der Waals surface area contributed by atoms with Crippen molar-refractivity contribution in [2.45, 2.75) is 58.5 Å². The van der Waals surface area contributed by atoms with Crippen LogP contribution >= 0.6 is 0 Å². The fraction of sp³-hybridized carbons (Fsp3) is 0.370. The molecule has 0 amide bonds. The van der Waals surface area contributed by atoms with Gasteiger partial charge >= 0.3 is 0 Å². The molecular formula is C27H30N8O. The zero-order valence-electron chi connectivity index (χ0n) is 21.3. The molecule has 4 aromatic rings. The van der Waals surface area contributed by atoms with Gasteiger partial charge in [0.2, 0.25) is 5.95 Å². The van der Waals surface area contributed by atoms with E-state index in [4.69, 9.17) is 4.98 Å². The summed E-state index contributed by atoms with van der Waals surface area (Å²) < 4.78 is 3.40. The van der Waals surface area contributed by atoms with Gasteiger partial charge in [-0.25, -0.2) is 14.3 Å². The van der Waals surface area contributed by atoms with Gasteiger partial charge in [0.25, 0.3) is 5.56 Å². The lowest BCUT2D eigenvalue weighted by molar-refractivity contribution is 0.435. The summed E-state index contributed by atoms with van der Waals surface area (Å²) in [4.78, 5) is 26.7. The average Bonchev–Trinajstić information content (AvgIpc) is 3.14. The van der Waals surface area contributed by atoms with Gasteiger partial charge in [0.15, 0.2) is 5.65 Å². The highest BCUT2D eigenvalue weighted by atomic mass is 16.1. The number of benzene rings is 1. The van der Waals surface area contributed by atoms with Gasteiger partial charge in [0, 0.05) is 43.1 Å². The fourth-order valence-electron chi connectivity index (χ4n) is 4.80. The molecule has 2 N–H and O–H groups in total. The number of aromatic nitrogens is 5. The molecule has 0 saturated heterocycles. The first-order valence-electron chi connectivity index (χ1n) is 12.1. The smallest absolute Gasteiger partial charge is 0.278 e. The summed E-state index contributed by atoms with van der Waals surface area (Å²) in [6, 6.07) is 12.3. The maximum atomic E-state index is 13.1.